The fourth-order valence-corrected chi connectivity index (χ4v) is 6.85. The smallest absolute Gasteiger partial charge is 0.232 e. The van der Waals surface area contributed by atoms with Crippen LogP contribution in [0.25, 0.3) is 0 Å². The van der Waals surface area contributed by atoms with Gasteiger partial charge in [0.25, 0.3) is 0 Å². The Morgan fingerprint density at radius 1 is 0.953 bits per heavy atom. The van der Waals surface area contributed by atoms with Crippen LogP contribution in [0, 0.1) is 5.92 Å². The number of carbonyl (C=O) groups excluding carboxylic acids is 1. The van der Waals surface area contributed by atoms with Crippen molar-refractivity contribution in [1.29, 1.82) is 0 Å². The topological polar surface area (TPSA) is 45.2 Å². The van der Waals surface area contributed by atoms with Gasteiger partial charge in [-0.05, 0) is 132 Å². The summed E-state index contributed by atoms with van der Waals surface area (Å²) in [5.41, 5.74) is 5.06. The molecule has 0 N–H and O–H groups in total. The van der Waals surface area contributed by atoms with E-state index in [0.29, 0.717) is 28.5 Å². The first-order chi connectivity index (χ1) is 20.7. The lowest BCUT2D eigenvalue weighted by Crippen LogP contribution is -2.41. The third-order valence-electron chi connectivity index (χ3n) is 9.04. The second-order valence-corrected chi connectivity index (χ2v) is 12.9. The number of anilines is 2. The van der Waals surface area contributed by atoms with Crippen molar-refractivity contribution in [2.75, 3.05) is 44.1 Å². The van der Waals surface area contributed by atoms with Crippen molar-refractivity contribution < 1.29 is 14.3 Å². The van der Waals surface area contributed by atoms with Gasteiger partial charge in [-0.1, -0.05) is 23.7 Å². The van der Waals surface area contributed by atoms with E-state index in [1.165, 1.54) is 31.4 Å². The first-order valence-electron chi connectivity index (χ1n) is 15.6. The predicted molar refractivity (Wildman–Crippen MR) is 177 cm³/mol. The van der Waals surface area contributed by atoms with Crippen LogP contribution in [0.1, 0.15) is 69.2 Å². The Kier molecular flexibility index (Phi) is 9.88. The van der Waals surface area contributed by atoms with Crippen molar-refractivity contribution in [1.82, 2.24) is 4.90 Å². The third-order valence-corrected chi connectivity index (χ3v) is 9.29. The molecule has 1 aliphatic heterocycles. The molecule has 0 unspecified atom stereocenters. The molecule has 0 saturated heterocycles. The zero-order valence-electron chi connectivity index (χ0n) is 26.5. The zero-order valence-corrected chi connectivity index (χ0v) is 27.2. The van der Waals surface area contributed by atoms with Gasteiger partial charge >= 0.3 is 0 Å². The molecule has 0 spiro atoms. The number of benzene rings is 3. The van der Waals surface area contributed by atoms with Crippen LogP contribution in [0.3, 0.4) is 0 Å². The zero-order chi connectivity index (χ0) is 30.7. The Morgan fingerprint density at radius 3 is 2.21 bits per heavy atom. The summed E-state index contributed by atoms with van der Waals surface area (Å²) in [6.45, 7) is 8.26. The molecule has 43 heavy (non-hydrogen) atoms. The summed E-state index contributed by atoms with van der Waals surface area (Å²) in [5.74, 6) is 2.08. The van der Waals surface area contributed by atoms with Gasteiger partial charge in [-0.3, -0.25) is 4.79 Å². The molecule has 1 amide bonds. The van der Waals surface area contributed by atoms with Crippen molar-refractivity contribution in [3.63, 3.8) is 0 Å². The molecule has 3 aromatic carbocycles. The summed E-state index contributed by atoms with van der Waals surface area (Å²) in [6.07, 6.45) is 5.36. The van der Waals surface area contributed by atoms with E-state index in [1.54, 1.807) is 7.11 Å². The minimum absolute atomic E-state index is 0.0145. The van der Waals surface area contributed by atoms with Crippen molar-refractivity contribution in [2.24, 2.45) is 5.92 Å². The average molecular weight is 604 g/mol. The monoisotopic (exact) mass is 603 g/mol. The van der Waals surface area contributed by atoms with Crippen molar-refractivity contribution in [2.45, 2.75) is 71.1 Å². The highest BCUT2D eigenvalue weighted by Gasteiger charge is 2.36. The highest BCUT2D eigenvalue weighted by molar-refractivity contribution is 6.30. The van der Waals surface area contributed by atoms with Gasteiger partial charge in [-0.15, -0.1) is 0 Å². The number of halogens is 1. The second-order valence-electron chi connectivity index (χ2n) is 12.5. The molecule has 7 heteroatoms. The quantitative estimate of drug-likeness (QED) is 0.237. The van der Waals surface area contributed by atoms with Crippen LogP contribution in [0.15, 0.2) is 60.7 Å². The maximum Gasteiger partial charge on any atom is 0.232 e. The number of rotatable bonds is 10. The number of fused-ring (bicyclic) bond motifs is 1. The largest absolute Gasteiger partial charge is 0.493 e. The Balaban J connectivity index is 1.46. The molecule has 1 aliphatic carbocycles. The molecule has 5 rings (SSSR count). The molecule has 3 aromatic rings. The maximum atomic E-state index is 13.9. The van der Waals surface area contributed by atoms with Gasteiger partial charge in [0.05, 0.1) is 25.7 Å². The molecule has 230 valence electrons. The van der Waals surface area contributed by atoms with Gasteiger partial charge in [0, 0.05) is 35.5 Å². The van der Waals surface area contributed by atoms with Crippen LogP contribution in [0.5, 0.6) is 11.5 Å². The van der Waals surface area contributed by atoms with E-state index in [-0.39, 0.29) is 24.5 Å². The third kappa shape index (κ3) is 6.97. The lowest BCUT2D eigenvalue weighted by Gasteiger charge is -2.38. The molecule has 1 atom stereocenters. The van der Waals surface area contributed by atoms with Gasteiger partial charge in [-0.2, -0.15) is 0 Å². The SMILES string of the molecule is CCN(CC1CCC(N(C)C)CC1)c1ccc(N2C(=O)Cc3cc(OC)c(OC(C)C)cc3[C@@H]2c2ccc(Cl)cc2)cc1. The fourth-order valence-electron chi connectivity index (χ4n) is 6.73. The number of carbonyl (C=O) groups is 1. The van der Waals surface area contributed by atoms with Crippen molar-refractivity contribution in [3.05, 3.63) is 82.4 Å². The molecule has 6 nitrogen and oxygen atoms in total. The summed E-state index contributed by atoms with van der Waals surface area (Å²) in [4.78, 5) is 20.7. The molecular formula is C36H46ClN3O3. The lowest BCUT2D eigenvalue weighted by molar-refractivity contribution is -0.118. The van der Waals surface area contributed by atoms with Crippen LogP contribution in [0.4, 0.5) is 11.4 Å². The summed E-state index contributed by atoms with van der Waals surface area (Å²) in [5, 5.41) is 0.662. The van der Waals surface area contributed by atoms with Crippen LogP contribution < -0.4 is 19.3 Å². The molecule has 0 aromatic heterocycles. The molecule has 1 fully saturated rings. The average Bonchev–Trinajstić information content (AvgIpc) is 3.00. The van der Waals surface area contributed by atoms with Gasteiger partial charge in [0.1, 0.15) is 0 Å². The van der Waals surface area contributed by atoms with E-state index in [0.717, 1.165) is 35.5 Å². The number of hydrogen-bond donors (Lipinski definition) is 0. The standard InChI is InChI=1S/C36H46ClN3O3/c1-7-39(23-25-8-14-29(15-9-25)38(4)5)30-16-18-31(19-17-30)40-35(41)21-27-20-33(42-6)34(43-24(2)3)22-32(27)36(40)26-10-12-28(37)13-11-26/h10-13,16-20,22,24-25,29,36H,7-9,14-15,21,23H2,1-6H3/t25?,29?,36-/m0/s1. The van der Waals surface area contributed by atoms with Crippen LogP contribution in [0.2, 0.25) is 5.02 Å². The van der Waals surface area contributed by atoms with Gasteiger partial charge in [-0.25, -0.2) is 0 Å². The summed E-state index contributed by atoms with van der Waals surface area (Å²) < 4.78 is 11.8. The summed E-state index contributed by atoms with van der Waals surface area (Å²) >= 11 is 6.28. The van der Waals surface area contributed by atoms with E-state index < -0.39 is 0 Å². The van der Waals surface area contributed by atoms with Crippen LogP contribution >= 0.6 is 11.6 Å². The fraction of sp³-hybridized carbons (Fsp3) is 0.472. The normalized spacial score (nSPS) is 20.3. The first kappa shape index (κ1) is 31.2. The number of methoxy groups -OCH3 is 1. The highest BCUT2D eigenvalue weighted by atomic mass is 35.5. The van der Waals surface area contributed by atoms with E-state index in [9.17, 15) is 4.79 Å². The lowest BCUT2D eigenvalue weighted by atomic mass is 9.85. The number of amides is 1. The minimum atomic E-state index is -0.325. The molecule has 2 aliphatic rings. The van der Waals surface area contributed by atoms with Crippen LogP contribution in [-0.4, -0.2) is 57.2 Å². The van der Waals surface area contributed by atoms with E-state index >= 15 is 0 Å². The summed E-state index contributed by atoms with van der Waals surface area (Å²) in [7, 11) is 6.03. The van der Waals surface area contributed by atoms with Crippen molar-refractivity contribution in [3.8, 4) is 11.5 Å². The molecule has 0 bridgehead atoms. The Morgan fingerprint density at radius 2 is 1.63 bits per heavy atom. The highest BCUT2D eigenvalue weighted by Crippen LogP contribution is 2.44. The first-order valence-corrected chi connectivity index (χ1v) is 16.0. The second kappa shape index (κ2) is 13.6. The molecular weight excluding hydrogens is 558 g/mol. The van der Waals surface area contributed by atoms with Gasteiger partial charge in [0.15, 0.2) is 11.5 Å². The number of nitrogens with zero attached hydrogens (tertiary/aromatic N) is 3. The Hall–Kier alpha value is -3.22. The van der Waals surface area contributed by atoms with E-state index in [2.05, 4.69) is 55.1 Å². The number of ether oxygens (including phenoxy) is 2. The molecule has 1 saturated carbocycles. The maximum absolute atomic E-state index is 13.9. The Labute approximate surface area is 262 Å². The molecule has 0 radical (unpaired) electrons. The van der Waals surface area contributed by atoms with Crippen molar-refractivity contribution >= 4 is 28.9 Å². The van der Waals surface area contributed by atoms with Gasteiger partial charge < -0.3 is 24.2 Å². The molecule has 1 heterocycles. The Bertz CT molecular complexity index is 1380. The van der Waals surface area contributed by atoms with Gasteiger partial charge in [0.2, 0.25) is 5.91 Å². The minimum Gasteiger partial charge on any atom is -0.493 e. The van der Waals surface area contributed by atoms with E-state index in [4.69, 9.17) is 21.1 Å². The number of hydrogen-bond acceptors (Lipinski definition) is 5. The summed E-state index contributed by atoms with van der Waals surface area (Å²) in [6, 6.07) is 20.7. The predicted octanol–water partition coefficient (Wildman–Crippen LogP) is 7.76. The van der Waals surface area contributed by atoms with E-state index in [1.807, 2.05) is 55.1 Å². The van der Waals surface area contributed by atoms with Crippen LogP contribution in [-0.2, 0) is 11.2 Å².